The van der Waals surface area contributed by atoms with Gasteiger partial charge < -0.3 is 10.1 Å². The summed E-state index contributed by atoms with van der Waals surface area (Å²) >= 11 is 0. The van der Waals surface area contributed by atoms with Gasteiger partial charge in [-0.25, -0.2) is 0 Å². The van der Waals surface area contributed by atoms with Gasteiger partial charge in [-0.05, 0) is 34.9 Å². The van der Waals surface area contributed by atoms with Gasteiger partial charge >= 0.3 is 0 Å². The van der Waals surface area contributed by atoms with Crippen LogP contribution >= 0.6 is 0 Å². The number of rotatable bonds is 5. The Bertz CT molecular complexity index is 929. The van der Waals surface area contributed by atoms with Crippen LogP contribution in [0.1, 0.15) is 22.3 Å². The highest BCUT2D eigenvalue weighted by atomic mass is 16.5. The molecule has 3 heteroatoms. The van der Waals surface area contributed by atoms with Gasteiger partial charge in [0.15, 0.2) is 0 Å². The largest absolute Gasteiger partial charge is 0.497 e. The maximum Gasteiger partial charge on any atom is 0.118 e. The average Bonchev–Trinajstić information content (AvgIpc) is 2.85. The molecule has 0 amide bonds. The van der Waals surface area contributed by atoms with Crippen LogP contribution in [-0.2, 0) is 13.0 Å². The summed E-state index contributed by atoms with van der Waals surface area (Å²) in [4.78, 5) is 4.97. The molecule has 1 N–H and O–H groups in total. The fourth-order valence-corrected chi connectivity index (χ4v) is 3.34. The average molecular weight is 342 g/mol. The van der Waals surface area contributed by atoms with Crippen molar-refractivity contribution in [3.05, 3.63) is 95.1 Å². The van der Waals surface area contributed by atoms with E-state index < -0.39 is 0 Å². The molecule has 26 heavy (non-hydrogen) atoms. The van der Waals surface area contributed by atoms with Gasteiger partial charge in [0.2, 0.25) is 0 Å². The van der Waals surface area contributed by atoms with Crippen molar-refractivity contribution in [3.63, 3.8) is 0 Å². The topological polar surface area (TPSA) is 33.6 Å². The first-order valence-electron chi connectivity index (χ1n) is 8.91. The number of ether oxygens (including phenoxy) is 1. The molecule has 0 radical (unpaired) electrons. The Hall–Kier alpha value is -2.91. The first-order chi connectivity index (χ1) is 12.8. The predicted molar refractivity (Wildman–Crippen MR) is 107 cm³/mol. The van der Waals surface area contributed by atoms with Gasteiger partial charge in [-0.3, -0.25) is 4.99 Å². The molecule has 0 aromatic heterocycles. The summed E-state index contributed by atoms with van der Waals surface area (Å²) in [6.45, 7) is 1.53. The highest BCUT2D eigenvalue weighted by Gasteiger charge is 2.15. The number of fused-ring (bicyclic) bond motifs is 2. The van der Waals surface area contributed by atoms with Crippen LogP contribution in [0.25, 0.3) is 0 Å². The lowest BCUT2D eigenvalue weighted by molar-refractivity contribution is 0.414. The van der Waals surface area contributed by atoms with Crippen molar-refractivity contribution >= 4 is 11.4 Å². The number of hydrogen-bond donors (Lipinski definition) is 1. The van der Waals surface area contributed by atoms with Gasteiger partial charge in [-0.15, -0.1) is 0 Å². The lowest BCUT2D eigenvalue weighted by atomic mass is 9.98. The second-order valence-electron chi connectivity index (χ2n) is 6.47. The second-order valence-corrected chi connectivity index (χ2v) is 6.47. The first-order valence-corrected chi connectivity index (χ1v) is 8.91. The summed E-state index contributed by atoms with van der Waals surface area (Å²) in [7, 11) is 1.69. The van der Waals surface area contributed by atoms with E-state index in [2.05, 4.69) is 66.0 Å². The minimum absolute atomic E-state index is 0.734. The van der Waals surface area contributed by atoms with Crippen LogP contribution in [0.5, 0.6) is 5.75 Å². The minimum Gasteiger partial charge on any atom is -0.497 e. The van der Waals surface area contributed by atoms with Crippen LogP contribution in [0.4, 0.5) is 5.69 Å². The van der Waals surface area contributed by atoms with E-state index in [0.29, 0.717) is 0 Å². The summed E-state index contributed by atoms with van der Waals surface area (Å²) in [5, 5.41) is 3.54. The molecular weight excluding hydrogens is 320 g/mol. The normalized spacial score (nSPS) is 12.6. The molecule has 3 aromatic carbocycles. The molecule has 1 aliphatic rings. The molecule has 0 saturated carbocycles. The highest BCUT2D eigenvalue weighted by molar-refractivity contribution is 6.05. The SMILES string of the molecule is COc1ccc(CNCC2=Nc3ccccc3Cc3ccccc32)cc1. The molecule has 0 aliphatic carbocycles. The second kappa shape index (κ2) is 7.54. The van der Waals surface area contributed by atoms with Crippen molar-refractivity contribution in [2.75, 3.05) is 13.7 Å². The Morgan fingerprint density at radius 3 is 2.38 bits per heavy atom. The van der Waals surface area contributed by atoms with Gasteiger partial charge in [-0.2, -0.15) is 0 Å². The third-order valence-electron chi connectivity index (χ3n) is 4.74. The van der Waals surface area contributed by atoms with E-state index in [-0.39, 0.29) is 0 Å². The molecule has 3 nitrogen and oxygen atoms in total. The van der Waals surface area contributed by atoms with E-state index in [1.54, 1.807) is 7.11 Å². The number of methoxy groups -OCH3 is 1. The van der Waals surface area contributed by atoms with Crippen molar-refractivity contribution in [3.8, 4) is 5.75 Å². The molecular formula is C23H22N2O. The maximum absolute atomic E-state index is 5.22. The molecule has 0 unspecified atom stereocenters. The molecule has 0 atom stereocenters. The number of aliphatic imine (C=N–C) groups is 1. The van der Waals surface area contributed by atoms with Gasteiger partial charge in [-0.1, -0.05) is 54.6 Å². The van der Waals surface area contributed by atoms with Crippen molar-refractivity contribution in [2.24, 2.45) is 4.99 Å². The quantitative estimate of drug-likeness (QED) is 0.740. The third-order valence-corrected chi connectivity index (χ3v) is 4.74. The monoisotopic (exact) mass is 342 g/mol. The first kappa shape index (κ1) is 16.6. The number of nitrogens with one attached hydrogen (secondary N) is 1. The predicted octanol–water partition coefficient (Wildman–Crippen LogP) is 4.51. The van der Waals surface area contributed by atoms with Crippen LogP contribution < -0.4 is 10.1 Å². The van der Waals surface area contributed by atoms with Crippen molar-refractivity contribution in [2.45, 2.75) is 13.0 Å². The zero-order chi connectivity index (χ0) is 17.8. The molecule has 0 saturated heterocycles. The maximum atomic E-state index is 5.22. The summed E-state index contributed by atoms with van der Waals surface area (Å²) in [6.07, 6.45) is 0.928. The van der Waals surface area contributed by atoms with Crippen LogP contribution in [-0.4, -0.2) is 19.4 Å². The zero-order valence-corrected chi connectivity index (χ0v) is 14.9. The number of benzene rings is 3. The van der Waals surface area contributed by atoms with E-state index in [1.165, 1.54) is 22.3 Å². The van der Waals surface area contributed by atoms with E-state index >= 15 is 0 Å². The molecule has 0 spiro atoms. The Morgan fingerprint density at radius 2 is 1.58 bits per heavy atom. The highest BCUT2D eigenvalue weighted by Crippen LogP contribution is 2.28. The molecule has 0 bridgehead atoms. The van der Waals surface area contributed by atoms with Crippen LogP contribution in [0.3, 0.4) is 0 Å². The fourth-order valence-electron chi connectivity index (χ4n) is 3.34. The standard InChI is InChI=1S/C23H22N2O/c1-26-20-12-10-17(11-13-20)15-24-16-23-21-8-4-2-6-18(21)14-19-7-3-5-9-22(19)25-23/h2-13,24H,14-16H2,1H3. The zero-order valence-electron chi connectivity index (χ0n) is 14.9. The van der Waals surface area contributed by atoms with Gasteiger partial charge in [0, 0.05) is 25.1 Å². The Kier molecular flexibility index (Phi) is 4.80. The van der Waals surface area contributed by atoms with E-state index in [0.717, 1.165) is 36.7 Å². The molecule has 130 valence electrons. The van der Waals surface area contributed by atoms with Gasteiger partial charge in [0.25, 0.3) is 0 Å². The fraction of sp³-hybridized carbons (Fsp3) is 0.174. The smallest absolute Gasteiger partial charge is 0.118 e. The van der Waals surface area contributed by atoms with Crippen LogP contribution in [0.2, 0.25) is 0 Å². The lowest BCUT2D eigenvalue weighted by Crippen LogP contribution is -2.23. The van der Waals surface area contributed by atoms with Crippen LogP contribution in [0.15, 0.2) is 77.8 Å². The summed E-state index contributed by atoms with van der Waals surface area (Å²) in [5.41, 5.74) is 7.26. The molecule has 3 aromatic rings. The van der Waals surface area contributed by atoms with Crippen molar-refractivity contribution in [1.29, 1.82) is 0 Å². The molecule has 1 heterocycles. The van der Waals surface area contributed by atoms with Crippen molar-refractivity contribution in [1.82, 2.24) is 5.32 Å². The number of hydrogen-bond acceptors (Lipinski definition) is 3. The van der Waals surface area contributed by atoms with E-state index in [9.17, 15) is 0 Å². The Balaban J connectivity index is 1.55. The lowest BCUT2D eigenvalue weighted by Gasteiger charge is -2.11. The Morgan fingerprint density at radius 1 is 0.846 bits per heavy atom. The van der Waals surface area contributed by atoms with Crippen LogP contribution in [0, 0.1) is 0 Å². The van der Waals surface area contributed by atoms with E-state index in [1.807, 2.05) is 12.1 Å². The number of nitrogens with zero attached hydrogens (tertiary/aromatic N) is 1. The minimum atomic E-state index is 0.734. The summed E-state index contributed by atoms with van der Waals surface area (Å²) < 4.78 is 5.22. The van der Waals surface area contributed by atoms with E-state index in [4.69, 9.17) is 9.73 Å². The third kappa shape index (κ3) is 3.53. The van der Waals surface area contributed by atoms with Gasteiger partial charge in [0.05, 0.1) is 18.5 Å². The molecule has 1 aliphatic heterocycles. The van der Waals surface area contributed by atoms with Gasteiger partial charge in [0.1, 0.15) is 5.75 Å². The molecule has 4 rings (SSSR count). The summed E-state index contributed by atoms with van der Waals surface area (Å²) in [6, 6.07) is 25.2. The van der Waals surface area contributed by atoms with Crippen molar-refractivity contribution < 1.29 is 4.74 Å². The number of para-hydroxylation sites is 1. The molecule has 0 fully saturated rings. The summed E-state index contributed by atoms with van der Waals surface area (Å²) in [5.74, 6) is 0.882. The Labute approximate surface area is 154 Å².